The Labute approximate surface area is 107 Å². The van der Waals surface area contributed by atoms with Gasteiger partial charge in [0.05, 0.1) is 13.1 Å². The SMILES string of the molecule is CC(C)(C)OC(=O)N1CCC[C@]2(CNC(=O)O2)C1. The minimum absolute atomic E-state index is 0.343. The lowest BCUT2D eigenvalue weighted by Crippen LogP contribution is -2.53. The Morgan fingerprint density at radius 3 is 2.78 bits per heavy atom. The van der Waals surface area contributed by atoms with Gasteiger partial charge < -0.3 is 19.7 Å². The third-order valence-corrected chi connectivity index (χ3v) is 3.06. The van der Waals surface area contributed by atoms with E-state index in [4.69, 9.17) is 9.47 Å². The topological polar surface area (TPSA) is 67.9 Å². The zero-order valence-electron chi connectivity index (χ0n) is 11.1. The summed E-state index contributed by atoms with van der Waals surface area (Å²) in [5.74, 6) is 0. The van der Waals surface area contributed by atoms with Crippen molar-refractivity contribution in [2.75, 3.05) is 19.6 Å². The molecule has 2 fully saturated rings. The van der Waals surface area contributed by atoms with E-state index in [2.05, 4.69) is 5.32 Å². The fraction of sp³-hybridized carbons (Fsp3) is 0.833. The Morgan fingerprint density at radius 2 is 2.22 bits per heavy atom. The van der Waals surface area contributed by atoms with Gasteiger partial charge in [0.2, 0.25) is 0 Å². The summed E-state index contributed by atoms with van der Waals surface area (Å²) in [7, 11) is 0. The molecule has 2 rings (SSSR count). The van der Waals surface area contributed by atoms with Gasteiger partial charge in [0, 0.05) is 6.54 Å². The summed E-state index contributed by atoms with van der Waals surface area (Å²) in [5, 5.41) is 2.65. The molecule has 1 atom stereocenters. The lowest BCUT2D eigenvalue weighted by molar-refractivity contribution is -0.0276. The Morgan fingerprint density at radius 1 is 1.50 bits per heavy atom. The highest BCUT2D eigenvalue weighted by Gasteiger charge is 2.45. The minimum atomic E-state index is -0.563. The van der Waals surface area contributed by atoms with Crippen LogP contribution in [-0.4, -0.2) is 47.9 Å². The third kappa shape index (κ3) is 2.86. The molecule has 0 aliphatic carbocycles. The molecule has 0 aromatic carbocycles. The van der Waals surface area contributed by atoms with Crippen LogP contribution in [0, 0.1) is 0 Å². The van der Waals surface area contributed by atoms with Crippen LogP contribution in [-0.2, 0) is 9.47 Å². The first kappa shape index (κ1) is 13.0. The first-order valence-electron chi connectivity index (χ1n) is 6.25. The molecular formula is C12H20N2O4. The Bertz CT molecular complexity index is 364. The molecule has 1 N–H and O–H groups in total. The molecule has 0 unspecified atom stereocenters. The van der Waals surface area contributed by atoms with Crippen molar-refractivity contribution in [1.82, 2.24) is 10.2 Å². The molecule has 0 radical (unpaired) electrons. The predicted molar refractivity (Wildman–Crippen MR) is 64.3 cm³/mol. The van der Waals surface area contributed by atoms with Gasteiger partial charge in [-0.1, -0.05) is 0 Å². The Hall–Kier alpha value is -1.46. The predicted octanol–water partition coefficient (Wildman–Crippen LogP) is 1.50. The van der Waals surface area contributed by atoms with Gasteiger partial charge in [0.25, 0.3) is 0 Å². The number of hydrogen-bond donors (Lipinski definition) is 1. The van der Waals surface area contributed by atoms with Crippen LogP contribution in [0.5, 0.6) is 0 Å². The average Bonchev–Trinajstić information content (AvgIpc) is 2.57. The Balaban J connectivity index is 1.99. The van der Waals surface area contributed by atoms with E-state index in [1.807, 2.05) is 20.8 Å². The number of amides is 2. The molecule has 0 aromatic rings. The number of nitrogens with zero attached hydrogens (tertiary/aromatic N) is 1. The van der Waals surface area contributed by atoms with E-state index < -0.39 is 17.3 Å². The van der Waals surface area contributed by atoms with Crippen molar-refractivity contribution in [1.29, 1.82) is 0 Å². The average molecular weight is 256 g/mol. The maximum absolute atomic E-state index is 12.0. The largest absolute Gasteiger partial charge is 0.444 e. The van der Waals surface area contributed by atoms with Gasteiger partial charge in [-0.3, -0.25) is 0 Å². The molecule has 2 saturated heterocycles. The Kier molecular flexibility index (Phi) is 3.12. The number of alkyl carbamates (subject to hydrolysis) is 1. The van der Waals surface area contributed by atoms with Crippen molar-refractivity contribution < 1.29 is 19.1 Å². The standard InChI is InChI=1S/C12H20N2O4/c1-11(2,3)18-10(16)14-6-4-5-12(8-14)7-13-9(15)17-12/h4-8H2,1-3H3,(H,13,15)/t12-/m0/s1. The fourth-order valence-corrected chi connectivity index (χ4v) is 2.31. The third-order valence-electron chi connectivity index (χ3n) is 3.06. The number of carbonyl (C=O) groups excluding carboxylic acids is 2. The van der Waals surface area contributed by atoms with Crippen LogP contribution in [0.1, 0.15) is 33.6 Å². The van der Waals surface area contributed by atoms with Gasteiger partial charge in [0.15, 0.2) is 0 Å². The summed E-state index contributed by atoms with van der Waals surface area (Å²) in [6.45, 7) is 7.02. The quantitative estimate of drug-likeness (QED) is 0.713. The lowest BCUT2D eigenvalue weighted by atomic mass is 9.93. The van der Waals surface area contributed by atoms with Gasteiger partial charge >= 0.3 is 12.2 Å². The van der Waals surface area contributed by atoms with Crippen molar-refractivity contribution >= 4 is 12.2 Å². The molecule has 0 bridgehead atoms. The number of ether oxygens (including phenoxy) is 2. The molecule has 0 saturated carbocycles. The molecule has 2 aliphatic heterocycles. The molecule has 6 heteroatoms. The van der Waals surface area contributed by atoms with E-state index in [9.17, 15) is 9.59 Å². The molecule has 2 amide bonds. The molecule has 6 nitrogen and oxygen atoms in total. The van der Waals surface area contributed by atoms with Crippen molar-refractivity contribution in [3.05, 3.63) is 0 Å². The number of likely N-dealkylation sites (tertiary alicyclic amines) is 1. The first-order valence-corrected chi connectivity index (χ1v) is 6.25. The van der Waals surface area contributed by atoms with Gasteiger partial charge in [0.1, 0.15) is 11.2 Å². The molecule has 0 aromatic heterocycles. The summed E-state index contributed by atoms with van der Waals surface area (Å²) >= 11 is 0. The lowest BCUT2D eigenvalue weighted by Gasteiger charge is -2.38. The highest BCUT2D eigenvalue weighted by molar-refractivity contribution is 5.71. The smallest absolute Gasteiger partial charge is 0.410 e. The van der Waals surface area contributed by atoms with Crippen LogP contribution >= 0.6 is 0 Å². The second-order valence-electron chi connectivity index (χ2n) is 5.93. The van der Waals surface area contributed by atoms with Crippen LogP contribution in [0.25, 0.3) is 0 Å². The fourth-order valence-electron chi connectivity index (χ4n) is 2.31. The highest BCUT2D eigenvalue weighted by Crippen LogP contribution is 2.28. The van der Waals surface area contributed by atoms with E-state index >= 15 is 0 Å². The summed E-state index contributed by atoms with van der Waals surface area (Å²) < 4.78 is 10.6. The summed E-state index contributed by atoms with van der Waals surface area (Å²) in [6.07, 6.45) is 0.852. The first-order chi connectivity index (χ1) is 8.30. The van der Waals surface area contributed by atoms with E-state index in [0.717, 1.165) is 12.8 Å². The number of rotatable bonds is 0. The van der Waals surface area contributed by atoms with Crippen LogP contribution < -0.4 is 5.32 Å². The number of hydrogen-bond acceptors (Lipinski definition) is 4. The van der Waals surface area contributed by atoms with Crippen molar-refractivity contribution in [3.63, 3.8) is 0 Å². The second-order valence-corrected chi connectivity index (χ2v) is 5.93. The maximum Gasteiger partial charge on any atom is 0.410 e. The molecular weight excluding hydrogens is 236 g/mol. The molecule has 1 spiro atoms. The van der Waals surface area contributed by atoms with Crippen LogP contribution in [0.3, 0.4) is 0 Å². The van der Waals surface area contributed by atoms with Crippen LogP contribution in [0.15, 0.2) is 0 Å². The van der Waals surface area contributed by atoms with Gasteiger partial charge in [-0.2, -0.15) is 0 Å². The highest BCUT2D eigenvalue weighted by atomic mass is 16.6. The molecule has 2 heterocycles. The molecule has 18 heavy (non-hydrogen) atoms. The maximum atomic E-state index is 12.0. The summed E-state index contributed by atoms with van der Waals surface area (Å²) in [5.41, 5.74) is -1.07. The van der Waals surface area contributed by atoms with E-state index in [1.54, 1.807) is 4.90 Å². The van der Waals surface area contributed by atoms with E-state index in [1.165, 1.54) is 0 Å². The van der Waals surface area contributed by atoms with Crippen molar-refractivity contribution in [2.45, 2.75) is 44.8 Å². The minimum Gasteiger partial charge on any atom is -0.444 e. The normalized spacial score (nSPS) is 27.9. The van der Waals surface area contributed by atoms with Gasteiger partial charge in [-0.25, -0.2) is 9.59 Å². The molecule has 102 valence electrons. The van der Waals surface area contributed by atoms with E-state index in [0.29, 0.717) is 19.6 Å². The molecule has 2 aliphatic rings. The van der Waals surface area contributed by atoms with Gasteiger partial charge in [-0.05, 0) is 33.6 Å². The summed E-state index contributed by atoms with van der Waals surface area (Å²) in [6, 6.07) is 0. The van der Waals surface area contributed by atoms with Crippen LogP contribution in [0.4, 0.5) is 9.59 Å². The zero-order chi connectivity index (χ0) is 13.4. The van der Waals surface area contributed by atoms with E-state index in [-0.39, 0.29) is 6.09 Å². The monoisotopic (exact) mass is 256 g/mol. The number of piperidine rings is 1. The van der Waals surface area contributed by atoms with Gasteiger partial charge in [-0.15, -0.1) is 0 Å². The van der Waals surface area contributed by atoms with Crippen molar-refractivity contribution in [3.8, 4) is 0 Å². The number of nitrogens with one attached hydrogen (secondary N) is 1. The van der Waals surface area contributed by atoms with Crippen LogP contribution in [0.2, 0.25) is 0 Å². The summed E-state index contributed by atoms with van der Waals surface area (Å²) in [4.78, 5) is 24.8. The number of carbonyl (C=O) groups is 2. The second kappa shape index (κ2) is 4.33. The van der Waals surface area contributed by atoms with Crippen molar-refractivity contribution in [2.24, 2.45) is 0 Å². The zero-order valence-corrected chi connectivity index (χ0v) is 11.1.